The lowest BCUT2D eigenvalue weighted by molar-refractivity contribution is 0.0917. The first-order valence-electron chi connectivity index (χ1n) is 7.55. The van der Waals surface area contributed by atoms with Crippen molar-refractivity contribution < 1.29 is 9.90 Å². The molecule has 0 saturated carbocycles. The number of fused-ring (bicyclic) bond motifs is 1. The number of benzene rings is 2. The van der Waals surface area contributed by atoms with Gasteiger partial charge in [0.15, 0.2) is 0 Å². The molecule has 2 aromatic carbocycles. The van der Waals surface area contributed by atoms with E-state index in [2.05, 4.69) is 5.32 Å². The molecule has 0 radical (unpaired) electrons. The lowest BCUT2D eigenvalue weighted by Crippen LogP contribution is -2.28. The molecule has 3 nitrogen and oxygen atoms in total. The Morgan fingerprint density at radius 1 is 1.17 bits per heavy atom. The van der Waals surface area contributed by atoms with Crippen LogP contribution in [0.5, 0.6) is 0 Å². The summed E-state index contributed by atoms with van der Waals surface area (Å²) in [6.07, 6.45) is -0.707. The van der Waals surface area contributed by atoms with E-state index in [1.807, 2.05) is 61.7 Å². The van der Waals surface area contributed by atoms with Crippen LogP contribution >= 0.6 is 11.3 Å². The summed E-state index contributed by atoms with van der Waals surface area (Å²) >= 11 is 1.60. The van der Waals surface area contributed by atoms with Crippen molar-refractivity contribution in [2.24, 2.45) is 0 Å². The number of nitrogens with one attached hydrogen (secondary N) is 1. The summed E-state index contributed by atoms with van der Waals surface area (Å²) in [5, 5.41) is 16.2. The van der Waals surface area contributed by atoms with Crippen molar-refractivity contribution >= 4 is 27.3 Å². The molecule has 3 rings (SSSR count). The highest BCUT2D eigenvalue weighted by molar-refractivity contribution is 7.17. The molecule has 0 aliphatic carbocycles. The second-order valence-corrected chi connectivity index (χ2v) is 6.70. The first-order chi connectivity index (χ1) is 11.0. The number of carbonyl (C=O) groups is 1. The van der Waals surface area contributed by atoms with Crippen LogP contribution in [0.3, 0.4) is 0 Å². The minimum Gasteiger partial charge on any atom is -0.387 e. The first-order valence-corrected chi connectivity index (χ1v) is 8.43. The summed E-state index contributed by atoms with van der Waals surface area (Å²) < 4.78 is 1.14. The van der Waals surface area contributed by atoms with Crippen molar-refractivity contribution in [1.82, 2.24) is 5.32 Å². The van der Waals surface area contributed by atoms with Gasteiger partial charge in [0.25, 0.3) is 5.91 Å². The van der Waals surface area contributed by atoms with Gasteiger partial charge in [0.05, 0.1) is 6.10 Å². The smallest absolute Gasteiger partial charge is 0.251 e. The predicted octanol–water partition coefficient (Wildman–Crippen LogP) is 3.98. The van der Waals surface area contributed by atoms with E-state index in [-0.39, 0.29) is 12.5 Å². The third kappa shape index (κ3) is 3.44. The van der Waals surface area contributed by atoms with Crippen LogP contribution in [0, 0.1) is 13.8 Å². The Hall–Kier alpha value is -2.17. The van der Waals surface area contributed by atoms with E-state index in [1.165, 1.54) is 0 Å². The van der Waals surface area contributed by atoms with Crippen LogP contribution in [0.15, 0.2) is 47.8 Å². The van der Waals surface area contributed by atoms with Gasteiger partial charge in [0, 0.05) is 22.4 Å². The number of aryl methyl sites for hydroxylation is 2. The molecule has 0 spiro atoms. The highest BCUT2D eigenvalue weighted by atomic mass is 32.1. The summed E-state index contributed by atoms with van der Waals surface area (Å²) in [5.41, 5.74) is 3.61. The summed E-state index contributed by atoms with van der Waals surface area (Å²) in [6.45, 7) is 4.14. The van der Waals surface area contributed by atoms with Crippen LogP contribution in [0.1, 0.15) is 33.2 Å². The Labute approximate surface area is 139 Å². The largest absolute Gasteiger partial charge is 0.387 e. The molecule has 0 bridgehead atoms. The molecule has 0 aliphatic rings. The minimum atomic E-state index is -0.707. The number of amides is 1. The van der Waals surface area contributed by atoms with E-state index >= 15 is 0 Å². The van der Waals surface area contributed by atoms with E-state index in [1.54, 1.807) is 11.3 Å². The predicted molar refractivity (Wildman–Crippen MR) is 95.0 cm³/mol. The van der Waals surface area contributed by atoms with Gasteiger partial charge in [-0.3, -0.25) is 4.79 Å². The van der Waals surface area contributed by atoms with Crippen LogP contribution in [-0.4, -0.2) is 17.6 Å². The Balaban J connectivity index is 1.71. The first kappa shape index (κ1) is 15.7. The molecular formula is C19H19NO2S. The maximum absolute atomic E-state index is 12.3. The SMILES string of the molecule is Cc1cc(C)cc(C(=O)NCC(O)c2csc3ccccc23)c1. The lowest BCUT2D eigenvalue weighted by Gasteiger charge is -2.12. The normalized spacial score (nSPS) is 12.3. The van der Waals surface area contributed by atoms with Crippen molar-refractivity contribution in [2.45, 2.75) is 20.0 Å². The Bertz CT molecular complexity index is 833. The second kappa shape index (κ2) is 6.52. The van der Waals surface area contributed by atoms with Crippen molar-refractivity contribution in [1.29, 1.82) is 0 Å². The number of aliphatic hydroxyl groups excluding tert-OH is 1. The molecule has 2 N–H and O–H groups in total. The maximum Gasteiger partial charge on any atom is 0.251 e. The van der Waals surface area contributed by atoms with Crippen LogP contribution in [0.2, 0.25) is 0 Å². The molecule has 1 aromatic heterocycles. The number of thiophene rings is 1. The molecule has 4 heteroatoms. The third-order valence-electron chi connectivity index (χ3n) is 3.81. The van der Waals surface area contributed by atoms with Gasteiger partial charge in [-0.1, -0.05) is 35.4 Å². The van der Waals surface area contributed by atoms with Gasteiger partial charge in [-0.2, -0.15) is 0 Å². The van der Waals surface area contributed by atoms with Gasteiger partial charge in [-0.05, 0) is 42.8 Å². The number of rotatable bonds is 4. The van der Waals surface area contributed by atoms with Gasteiger partial charge in [-0.25, -0.2) is 0 Å². The van der Waals surface area contributed by atoms with E-state index in [0.717, 1.165) is 26.8 Å². The van der Waals surface area contributed by atoms with Crippen molar-refractivity contribution in [3.63, 3.8) is 0 Å². The van der Waals surface area contributed by atoms with Crippen LogP contribution in [-0.2, 0) is 0 Å². The summed E-state index contributed by atoms with van der Waals surface area (Å²) in [6, 6.07) is 13.7. The molecule has 1 atom stereocenters. The minimum absolute atomic E-state index is 0.157. The molecular weight excluding hydrogens is 306 g/mol. The lowest BCUT2D eigenvalue weighted by atomic mass is 10.1. The van der Waals surface area contributed by atoms with Gasteiger partial charge >= 0.3 is 0 Å². The molecule has 0 fully saturated rings. The van der Waals surface area contributed by atoms with Gasteiger partial charge in [0.1, 0.15) is 0 Å². The summed E-state index contributed by atoms with van der Waals surface area (Å²) in [7, 11) is 0. The number of hydrogen-bond acceptors (Lipinski definition) is 3. The maximum atomic E-state index is 12.3. The molecule has 0 aliphatic heterocycles. The van der Waals surface area contributed by atoms with E-state index in [0.29, 0.717) is 5.56 Å². The average Bonchev–Trinajstić information content (AvgIpc) is 2.95. The van der Waals surface area contributed by atoms with Gasteiger partial charge in [-0.15, -0.1) is 11.3 Å². The highest BCUT2D eigenvalue weighted by Gasteiger charge is 2.15. The van der Waals surface area contributed by atoms with Crippen molar-refractivity contribution in [2.75, 3.05) is 6.54 Å². The number of carbonyl (C=O) groups excluding carboxylic acids is 1. The molecule has 0 saturated heterocycles. The van der Waals surface area contributed by atoms with E-state index in [9.17, 15) is 9.90 Å². The molecule has 1 amide bonds. The molecule has 1 unspecified atom stereocenters. The zero-order chi connectivity index (χ0) is 16.4. The van der Waals surface area contributed by atoms with Crippen LogP contribution in [0.25, 0.3) is 10.1 Å². The average molecular weight is 325 g/mol. The Morgan fingerprint density at radius 3 is 2.61 bits per heavy atom. The fourth-order valence-corrected chi connectivity index (χ4v) is 3.77. The fourth-order valence-electron chi connectivity index (χ4n) is 2.76. The molecule has 1 heterocycles. The molecule has 118 valence electrons. The highest BCUT2D eigenvalue weighted by Crippen LogP contribution is 2.29. The van der Waals surface area contributed by atoms with Gasteiger partial charge < -0.3 is 10.4 Å². The second-order valence-electron chi connectivity index (χ2n) is 5.79. The number of hydrogen-bond donors (Lipinski definition) is 2. The zero-order valence-electron chi connectivity index (χ0n) is 13.2. The van der Waals surface area contributed by atoms with E-state index < -0.39 is 6.10 Å². The Morgan fingerprint density at radius 2 is 1.87 bits per heavy atom. The van der Waals surface area contributed by atoms with Gasteiger partial charge in [0.2, 0.25) is 0 Å². The van der Waals surface area contributed by atoms with Crippen molar-refractivity contribution in [3.8, 4) is 0 Å². The quantitative estimate of drug-likeness (QED) is 0.762. The Kier molecular flexibility index (Phi) is 4.46. The monoisotopic (exact) mass is 325 g/mol. The van der Waals surface area contributed by atoms with Crippen molar-refractivity contribution in [3.05, 3.63) is 70.1 Å². The number of aliphatic hydroxyl groups is 1. The third-order valence-corrected chi connectivity index (χ3v) is 4.79. The molecule has 3 aromatic rings. The van der Waals surface area contributed by atoms with E-state index in [4.69, 9.17) is 0 Å². The zero-order valence-corrected chi connectivity index (χ0v) is 14.0. The fraction of sp³-hybridized carbons (Fsp3) is 0.211. The summed E-state index contributed by atoms with van der Waals surface area (Å²) in [4.78, 5) is 12.3. The summed E-state index contributed by atoms with van der Waals surface area (Å²) in [5.74, 6) is -0.157. The van der Waals surface area contributed by atoms with Crippen LogP contribution < -0.4 is 5.32 Å². The standard InChI is InChI=1S/C19H19NO2S/c1-12-7-13(2)9-14(8-12)19(22)20-10-17(21)16-11-23-18-6-4-3-5-15(16)18/h3-9,11,17,21H,10H2,1-2H3,(H,20,22). The molecule has 23 heavy (non-hydrogen) atoms. The van der Waals surface area contributed by atoms with Crippen LogP contribution in [0.4, 0.5) is 0 Å². The topological polar surface area (TPSA) is 49.3 Å².